The highest BCUT2D eigenvalue weighted by molar-refractivity contribution is 14.1. The molecule has 0 saturated carbocycles. The van der Waals surface area contributed by atoms with Gasteiger partial charge in [0, 0.05) is 5.56 Å². The van der Waals surface area contributed by atoms with E-state index in [9.17, 15) is 19.6 Å². The van der Waals surface area contributed by atoms with E-state index in [4.69, 9.17) is 14.2 Å². The Balaban J connectivity index is 1.45. The van der Waals surface area contributed by atoms with E-state index in [2.05, 4.69) is 15.4 Å². The second-order valence-electron chi connectivity index (χ2n) is 10.2. The molecule has 1 aliphatic rings. The molecule has 0 bridgehead atoms. The number of hydrogen-bond acceptors (Lipinski definition) is 9. The van der Waals surface area contributed by atoms with Crippen molar-refractivity contribution in [1.29, 1.82) is 5.26 Å². The molecule has 2 aromatic heterocycles. The first-order valence-electron chi connectivity index (χ1n) is 13.9. The third-order valence-electron chi connectivity index (χ3n) is 7.37. The van der Waals surface area contributed by atoms with Crippen LogP contribution in [-0.2, 0) is 19.8 Å². The Morgan fingerprint density at radius 3 is 1.96 bits per heavy atom. The third-order valence-corrected chi connectivity index (χ3v) is 8.41. The van der Waals surface area contributed by atoms with Gasteiger partial charge >= 0.3 is 11.9 Å². The number of nitrogens with one attached hydrogen (secondary N) is 1. The Morgan fingerprint density at radius 1 is 0.870 bits per heavy atom. The average molecular weight is 731 g/mol. The van der Waals surface area contributed by atoms with Crippen LogP contribution in [0.25, 0.3) is 5.52 Å². The van der Waals surface area contributed by atoms with Crippen molar-refractivity contribution in [1.82, 2.24) is 14.6 Å². The van der Waals surface area contributed by atoms with Crippen molar-refractivity contribution in [3.8, 4) is 6.07 Å². The van der Waals surface area contributed by atoms with Gasteiger partial charge < -0.3 is 19.5 Å². The molecule has 1 N–H and O–H groups in total. The summed E-state index contributed by atoms with van der Waals surface area (Å²) in [6.45, 7) is 0. The molecule has 4 atom stereocenters. The summed E-state index contributed by atoms with van der Waals surface area (Å²) in [5.41, 5.74) is -1.61. The lowest BCUT2D eigenvalue weighted by Gasteiger charge is -2.28. The largest absolute Gasteiger partial charge is 0.450 e. The molecular formula is C33H23FIN5O6. The van der Waals surface area contributed by atoms with E-state index >= 15 is 4.39 Å². The van der Waals surface area contributed by atoms with Gasteiger partial charge in [-0.1, -0.05) is 77.2 Å². The summed E-state index contributed by atoms with van der Waals surface area (Å²) < 4.78 is 35.1. The molecule has 1 aliphatic heterocycles. The lowest BCUT2D eigenvalue weighted by Crippen LogP contribution is -2.48. The van der Waals surface area contributed by atoms with Gasteiger partial charge in [0.05, 0.1) is 21.2 Å². The van der Waals surface area contributed by atoms with E-state index in [-0.39, 0.29) is 28.2 Å². The van der Waals surface area contributed by atoms with Gasteiger partial charge in [-0.2, -0.15) is 10.4 Å². The van der Waals surface area contributed by atoms with Crippen LogP contribution < -0.4 is 5.32 Å². The zero-order valence-corrected chi connectivity index (χ0v) is 25.9. The van der Waals surface area contributed by atoms with Crippen molar-refractivity contribution in [2.45, 2.75) is 23.7 Å². The number of esters is 2. The van der Waals surface area contributed by atoms with Crippen LogP contribution in [0.1, 0.15) is 36.8 Å². The molecule has 11 nitrogen and oxygen atoms in total. The maximum atomic E-state index is 16.8. The van der Waals surface area contributed by atoms with Crippen LogP contribution in [0.5, 0.6) is 0 Å². The van der Waals surface area contributed by atoms with Crippen LogP contribution in [0.2, 0.25) is 0 Å². The number of alkyl halides is 2. The Labute approximate surface area is 275 Å². The summed E-state index contributed by atoms with van der Waals surface area (Å²) in [6, 6.07) is 29.1. The van der Waals surface area contributed by atoms with Crippen LogP contribution in [0.3, 0.4) is 0 Å². The van der Waals surface area contributed by atoms with Crippen molar-refractivity contribution in [3.05, 3.63) is 132 Å². The second-order valence-corrected chi connectivity index (χ2v) is 11.0. The quantitative estimate of drug-likeness (QED) is 0.128. The Morgan fingerprint density at radius 2 is 1.41 bits per heavy atom. The molecular weight excluding hydrogens is 708 g/mol. The minimum absolute atomic E-state index is 0.0568. The molecule has 46 heavy (non-hydrogen) atoms. The van der Waals surface area contributed by atoms with Crippen LogP contribution in [0.15, 0.2) is 109 Å². The first-order chi connectivity index (χ1) is 22.3. The summed E-state index contributed by atoms with van der Waals surface area (Å²) in [4.78, 5) is 43.8. The van der Waals surface area contributed by atoms with Gasteiger partial charge in [-0.3, -0.25) is 4.79 Å². The van der Waals surface area contributed by atoms with Gasteiger partial charge in [0.15, 0.2) is 11.9 Å². The number of amides is 1. The van der Waals surface area contributed by atoms with Gasteiger partial charge in [0.2, 0.25) is 11.7 Å². The number of rotatable bonds is 8. The van der Waals surface area contributed by atoms with E-state index in [1.165, 1.54) is 40.9 Å². The number of carbonyl (C=O) groups is 3. The predicted octanol–water partition coefficient (Wildman–Crippen LogP) is 5.28. The molecule has 0 spiro atoms. The standard InChI is InChI=1S/C33H23FIN5O6/c34-33(18-35)27(45-31(43)23-14-8-3-9-15-23)26(44-30(42)22-12-6-2-7-13-22)32(19-36,46-33)25-17-16-24-28(37-20-38-40(24)25)39-29(41)21-10-4-1-5-11-21/h1-17,20,26-27H,18H2,(H,37,38,39,41)/t26-,27+,32+,33-/m1/s1. The molecule has 3 aromatic carbocycles. The fourth-order valence-electron chi connectivity index (χ4n) is 5.16. The zero-order valence-electron chi connectivity index (χ0n) is 23.7. The van der Waals surface area contributed by atoms with E-state index in [0.717, 1.165) is 6.33 Å². The molecule has 230 valence electrons. The fourth-order valence-corrected chi connectivity index (χ4v) is 5.75. The van der Waals surface area contributed by atoms with E-state index in [1.54, 1.807) is 89.3 Å². The van der Waals surface area contributed by atoms with Crippen LogP contribution in [0.4, 0.5) is 10.2 Å². The van der Waals surface area contributed by atoms with Crippen LogP contribution >= 0.6 is 22.6 Å². The minimum Gasteiger partial charge on any atom is -0.450 e. The molecule has 3 heterocycles. The molecule has 1 fully saturated rings. The van der Waals surface area contributed by atoms with Gasteiger partial charge in [-0.05, 0) is 48.5 Å². The smallest absolute Gasteiger partial charge is 0.338 e. The number of nitrogens with zero attached hydrogens (tertiary/aromatic N) is 4. The van der Waals surface area contributed by atoms with Crippen molar-refractivity contribution in [2.24, 2.45) is 0 Å². The first-order valence-corrected chi connectivity index (χ1v) is 15.4. The van der Waals surface area contributed by atoms with E-state index < -0.39 is 45.9 Å². The van der Waals surface area contributed by atoms with Crippen LogP contribution in [-0.4, -0.2) is 54.9 Å². The zero-order chi connectivity index (χ0) is 32.3. The molecule has 1 saturated heterocycles. The van der Waals surface area contributed by atoms with Crippen molar-refractivity contribution in [3.63, 3.8) is 0 Å². The highest BCUT2D eigenvalue weighted by atomic mass is 127. The maximum Gasteiger partial charge on any atom is 0.338 e. The Hall–Kier alpha value is -5.20. The molecule has 0 radical (unpaired) electrons. The summed E-state index contributed by atoms with van der Waals surface area (Å²) in [5, 5.41) is 17.7. The van der Waals surface area contributed by atoms with E-state index in [0.29, 0.717) is 5.56 Å². The number of benzene rings is 3. The molecule has 6 rings (SSSR count). The number of halogens is 2. The van der Waals surface area contributed by atoms with Crippen molar-refractivity contribution < 1.29 is 33.0 Å². The fraction of sp³-hybridized carbons (Fsp3) is 0.152. The van der Waals surface area contributed by atoms with Crippen molar-refractivity contribution in [2.75, 3.05) is 9.74 Å². The molecule has 1 amide bonds. The lowest BCUT2D eigenvalue weighted by atomic mass is 9.91. The summed E-state index contributed by atoms with van der Waals surface area (Å²) in [5.74, 6) is -4.97. The van der Waals surface area contributed by atoms with Crippen LogP contribution in [0, 0.1) is 11.3 Å². The number of hydrogen-bond donors (Lipinski definition) is 1. The monoisotopic (exact) mass is 731 g/mol. The highest BCUT2D eigenvalue weighted by Gasteiger charge is 2.69. The molecule has 0 aliphatic carbocycles. The number of ether oxygens (including phenoxy) is 3. The normalized spacial score (nSPS) is 22.1. The van der Waals surface area contributed by atoms with Gasteiger partial charge in [0.1, 0.15) is 17.9 Å². The Bertz CT molecular complexity index is 1960. The average Bonchev–Trinajstić information content (AvgIpc) is 3.64. The minimum atomic E-state index is -2.79. The highest BCUT2D eigenvalue weighted by Crippen LogP contribution is 2.50. The third kappa shape index (κ3) is 5.57. The van der Waals surface area contributed by atoms with E-state index in [1.807, 2.05) is 6.07 Å². The number of anilines is 1. The van der Waals surface area contributed by atoms with Crippen molar-refractivity contribution >= 4 is 51.8 Å². The summed E-state index contributed by atoms with van der Waals surface area (Å²) >= 11 is 1.71. The molecule has 0 unspecified atom stereocenters. The topological polar surface area (TPSA) is 145 Å². The second kappa shape index (κ2) is 12.7. The lowest BCUT2D eigenvalue weighted by molar-refractivity contribution is -0.175. The number of aromatic nitrogens is 3. The van der Waals surface area contributed by atoms with Gasteiger partial charge in [-0.15, -0.1) is 0 Å². The summed E-state index contributed by atoms with van der Waals surface area (Å²) in [7, 11) is 0. The summed E-state index contributed by atoms with van der Waals surface area (Å²) in [6.07, 6.45) is -2.56. The SMILES string of the molecule is N#C[C@@]1(c2ccc3c(NC(=O)c4ccccc4)ncnn23)O[C@](F)(CI)[C@@H](OC(=O)c2ccccc2)[C@H]1OC(=O)c1ccccc1. The molecule has 5 aromatic rings. The maximum absolute atomic E-state index is 16.8. The number of carbonyl (C=O) groups excluding carboxylic acids is 3. The van der Waals surface area contributed by atoms with Gasteiger partial charge in [0.25, 0.3) is 11.8 Å². The number of nitriles is 1. The van der Waals surface area contributed by atoms with Gasteiger partial charge in [-0.25, -0.2) is 23.5 Å². The molecule has 13 heteroatoms. The predicted molar refractivity (Wildman–Crippen MR) is 170 cm³/mol. The number of fused-ring (bicyclic) bond motifs is 1. The Kier molecular flexibility index (Phi) is 8.48. The first kappa shape index (κ1) is 30.8.